The number of nitrogens with zero attached hydrogens (tertiary/aromatic N) is 5. The molecule has 0 radical (unpaired) electrons. The summed E-state index contributed by atoms with van der Waals surface area (Å²) in [6.45, 7) is 9.22. The SMILES string of the molecule is CCCCOC(=O)CN1CCC(C)(N2CCN(C(=O)[C@@H](Cc3cc(Cl)c(N)c(C(F)(F)F)c3)OC(=O)N3CCC(N4CCc5ccccc5NC4=O)CC3)CC2)CC1. The van der Waals surface area contributed by atoms with Crippen molar-refractivity contribution >= 4 is 47.0 Å². The number of nitrogen functional groups attached to an aromatic ring is 1. The van der Waals surface area contributed by atoms with Crippen LogP contribution in [0.15, 0.2) is 36.4 Å². The summed E-state index contributed by atoms with van der Waals surface area (Å²) in [5, 5.41) is 2.67. The van der Waals surface area contributed by atoms with Gasteiger partial charge in [0.15, 0.2) is 6.10 Å². The molecule has 3 fully saturated rings. The third-order valence-corrected chi connectivity index (χ3v) is 12.5. The number of carbonyl (C=O) groups excluding carboxylic acids is 4. The van der Waals surface area contributed by atoms with Crippen molar-refractivity contribution in [3.8, 4) is 0 Å². The van der Waals surface area contributed by atoms with Crippen LogP contribution < -0.4 is 11.1 Å². The lowest BCUT2D eigenvalue weighted by atomic mass is 9.87. The number of nitrogens with one attached hydrogen (secondary N) is 1. The van der Waals surface area contributed by atoms with E-state index < -0.39 is 35.5 Å². The van der Waals surface area contributed by atoms with Crippen molar-refractivity contribution in [1.82, 2.24) is 24.5 Å². The number of piperazine rings is 1. The lowest BCUT2D eigenvalue weighted by Gasteiger charge is -2.49. The quantitative estimate of drug-likeness (QED) is 0.161. The molecule has 13 nitrogen and oxygen atoms in total. The van der Waals surface area contributed by atoms with Crippen molar-refractivity contribution in [3.05, 3.63) is 58.1 Å². The number of anilines is 2. The number of ether oxygens (including phenoxy) is 2. The minimum Gasteiger partial charge on any atom is -0.465 e. The lowest BCUT2D eigenvalue weighted by Crippen LogP contribution is -2.61. The highest BCUT2D eigenvalue weighted by molar-refractivity contribution is 6.33. The minimum absolute atomic E-state index is 0.0525. The first-order chi connectivity index (χ1) is 27.6. The molecule has 2 aromatic carbocycles. The Balaban J connectivity index is 1.08. The molecule has 4 aliphatic heterocycles. The second-order valence-electron chi connectivity index (χ2n) is 16.0. The van der Waals surface area contributed by atoms with E-state index in [9.17, 15) is 32.3 Å². The highest BCUT2D eigenvalue weighted by Crippen LogP contribution is 2.38. The van der Waals surface area contributed by atoms with Gasteiger partial charge in [-0.1, -0.05) is 43.1 Å². The number of urea groups is 1. The van der Waals surface area contributed by atoms with Gasteiger partial charge in [0.2, 0.25) is 0 Å². The summed E-state index contributed by atoms with van der Waals surface area (Å²) in [5.74, 6) is -0.722. The molecule has 0 aromatic heterocycles. The van der Waals surface area contributed by atoms with Crippen LogP contribution in [0.1, 0.15) is 69.1 Å². The molecular formula is C41H55ClF3N7O6. The van der Waals surface area contributed by atoms with Crippen molar-refractivity contribution < 1.29 is 41.8 Å². The zero-order chi connectivity index (χ0) is 41.6. The Morgan fingerprint density at radius 2 is 1.67 bits per heavy atom. The topological polar surface area (TPSA) is 141 Å². The Morgan fingerprint density at radius 1 is 0.983 bits per heavy atom. The summed E-state index contributed by atoms with van der Waals surface area (Å²) >= 11 is 6.15. The highest BCUT2D eigenvalue weighted by atomic mass is 35.5. The number of halogens is 4. The number of alkyl halides is 3. The van der Waals surface area contributed by atoms with Crippen molar-refractivity contribution in [3.63, 3.8) is 0 Å². The zero-order valence-electron chi connectivity index (χ0n) is 33.3. The fraction of sp³-hybridized carbons (Fsp3) is 0.610. The molecule has 0 bridgehead atoms. The van der Waals surface area contributed by atoms with Gasteiger partial charge in [-0.2, -0.15) is 13.2 Å². The van der Waals surface area contributed by atoms with Gasteiger partial charge < -0.3 is 35.2 Å². The molecule has 58 heavy (non-hydrogen) atoms. The monoisotopic (exact) mass is 833 g/mol. The summed E-state index contributed by atoms with van der Waals surface area (Å²) in [5.41, 5.74) is 5.68. The van der Waals surface area contributed by atoms with Crippen LogP contribution in [-0.2, 0) is 38.1 Å². The van der Waals surface area contributed by atoms with Gasteiger partial charge in [0.1, 0.15) is 0 Å². The van der Waals surface area contributed by atoms with Crippen LogP contribution in [0.5, 0.6) is 0 Å². The molecule has 1 atom stereocenters. The molecule has 0 saturated carbocycles. The number of carbonyl (C=O) groups is 4. The van der Waals surface area contributed by atoms with E-state index in [4.69, 9.17) is 26.8 Å². The van der Waals surface area contributed by atoms with Gasteiger partial charge in [-0.15, -0.1) is 0 Å². The molecule has 3 saturated heterocycles. The summed E-state index contributed by atoms with van der Waals surface area (Å²) < 4.78 is 53.0. The van der Waals surface area contributed by atoms with E-state index in [2.05, 4.69) is 22.0 Å². The number of esters is 1. The molecule has 6 rings (SSSR count). The molecule has 3 N–H and O–H groups in total. The summed E-state index contributed by atoms with van der Waals surface area (Å²) in [6, 6.07) is 9.47. The maximum atomic E-state index is 14.2. The van der Waals surface area contributed by atoms with E-state index >= 15 is 0 Å². The number of rotatable bonds is 11. The van der Waals surface area contributed by atoms with Gasteiger partial charge >= 0.3 is 24.3 Å². The fourth-order valence-electron chi connectivity index (χ4n) is 8.45. The molecule has 4 heterocycles. The number of nitrogens with two attached hydrogens (primary N) is 1. The molecule has 4 amide bonds. The van der Waals surface area contributed by atoms with Crippen LogP contribution in [0.3, 0.4) is 0 Å². The lowest BCUT2D eigenvalue weighted by molar-refractivity contribution is -0.146. The van der Waals surface area contributed by atoms with Crippen LogP contribution >= 0.6 is 11.6 Å². The predicted molar refractivity (Wildman–Crippen MR) is 213 cm³/mol. The number of benzene rings is 2. The second kappa shape index (κ2) is 18.8. The number of para-hydroxylation sites is 1. The number of amides is 4. The zero-order valence-corrected chi connectivity index (χ0v) is 34.1. The highest BCUT2D eigenvalue weighted by Gasteiger charge is 2.41. The number of hydrogen-bond donors (Lipinski definition) is 2. The van der Waals surface area contributed by atoms with Gasteiger partial charge in [0.05, 0.1) is 29.4 Å². The Labute approximate surface area is 342 Å². The number of unbranched alkanes of at least 4 members (excludes halogenated alkanes) is 1. The first kappa shape index (κ1) is 43.3. The molecule has 4 aliphatic rings. The molecular weight excluding hydrogens is 779 g/mol. The number of hydrogen-bond acceptors (Lipinski definition) is 9. The largest absolute Gasteiger partial charge is 0.465 e. The predicted octanol–water partition coefficient (Wildman–Crippen LogP) is 5.89. The first-order valence-electron chi connectivity index (χ1n) is 20.3. The Morgan fingerprint density at radius 3 is 2.34 bits per heavy atom. The molecule has 0 spiro atoms. The third kappa shape index (κ3) is 10.5. The van der Waals surface area contributed by atoms with Crippen LogP contribution in [0.2, 0.25) is 5.02 Å². The van der Waals surface area contributed by atoms with Crippen molar-refractivity contribution in [2.24, 2.45) is 0 Å². The molecule has 318 valence electrons. The number of likely N-dealkylation sites (tertiary alicyclic amines) is 2. The third-order valence-electron chi connectivity index (χ3n) is 12.1. The van der Waals surface area contributed by atoms with E-state index in [-0.39, 0.29) is 60.2 Å². The Kier molecular flexibility index (Phi) is 14.0. The van der Waals surface area contributed by atoms with Gasteiger partial charge in [-0.05, 0) is 74.8 Å². The van der Waals surface area contributed by atoms with Crippen molar-refractivity contribution in [2.75, 3.05) is 83.1 Å². The van der Waals surface area contributed by atoms with Crippen molar-refractivity contribution in [1.29, 1.82) is 0 Å². The van der Waals surface area contributed by atoms with Crippen LogP contribution in [-0.4, -0.2) is 138 Å². The van der Waals surface area contributed by atoms with E-state index in [1.54, 1.807) is 9.80 Å². The molecule has 17 heteroatoms. The summed E-state index contributed by atoms with van der Waals surface area (Å²) in [4.78, 5) is 62.7. The number of fused-ring (bicyclic) bond motifs is 1. The van der Waals surface area contributed by atoms with E-state index in [0.717, 1.165) is 56.1 Å². The van der Waals surface area contributed by atoms with Crippen molar-refractivity contribution in [2.45, 2.75) is 89.1 Å². The van der Waals surface area contributed by atoms with Crippen LogP contribution in [0.25, 0.3) is 0 Å². The Bertz CT molecular complexity index is 1790. The van der Waals surface area contributed by atoms with Gasteiger partial charge in [0.25, 0.3) is 5.91 Å². The fourth-order valence-corrected chi connectivity index (χ4v) is 8.69. The Hall–Kier alpha value is -4.28. The second-order valence-corrected chi connectivity index (χ2v) is 16.4. The normalized spacial score (nSPS) is 20.2. The molecule has 0 unspecified atom stereocenters. The first-order valence-corrected chi connectivity index (χ1v) is 20.7. The molecule has 0 aliphatic carbocycles. The average molecular weight is 834 g/mol. The van der Waals surface area contributed by atoms with Crippen LogP contribution in [0.4, 0.5) is 34.1 Å². The maximum absolute atomic E-state index is 14.2. The smallest absolute Gasteiger partial charge is 0.418 e. The maximum Gasteiger partial charge on any atom is 0.418 e. The van der Waals surface area contributed by atoms with Gasteiger partial charge in [0, 0.05) is 82.6 Å². The minimum atomic E-state index is -4.79. The summed E-state index contributed by atoms with van der Waals surface area (Å²) in [6.07, 6.45) is -2.20. The van der Waals surface area contributed by atoms with Crippen LogP contribution in [0, 0.1) is 0 Å². The van der Waals surface area contributed by atoms with Gasteiger partial charge in [-0.3, -0.25) is 19.4 Å². The standard InChI is InChI=1S/C41H55ClF3N7O6/c1-3-4-23-57-35(53)27-48-17-12-40(2,13-18-48)51-21-19-49(20-22-51)37(54)34(26-28-24-31(41(43,44)45)36(46)32(42)25-28)58-39(56)50-14-10-30(11-15-50)52-16-9-29-7-5-6-8-33(29)47-38(52)55/h5-8,24-25,30,34H,3-4,9-23,26-27,46H2,1-2H3,(H,47,55)/t34-/m1/s1. The number of piperidine rings is 2. The molecule has 2 aromatic rings. The average Bonchev–Trinajstić information content (AvgIpc) is 3.37. The van der Waals surface area contributed by atoms with E-state index in [1.807, 2.05) is 31.2 Å². The van der Waals surface area contributed by atoms with E-state index in [0.29, 0.717) is 58.6 Å². The van der Waals surface area contributed by atoms with E-state index in [1.165, 1.54) is 11.0 Å². The summed E-state index contributed by atoms with van der Waals surface area (Å²) in [7, 11) is 0. The van der Waals surface area contributed by atoms with Gasteiger partial charge in [-0.25, -0.2) is 9.59 Å².